The van der Waals surface area contributed by atoms with Gasteiger partial charge in [0.2, 0.25) is 5.91 Å². The van der Waals surface area contributed by atoms with Crippen LogP contribution in [0.2, 0.25) is 0 Å². The SMILES string of the molecule is CCC(=O)CNC(=O)CC(C)N=C(C(C)=O)C1=C(N)C(=O)CCC1. The van der Waals surface area contributed by atoms with Gasteiger partial charge in [0.05, 0.1) is 18.3 Å². The highest BCUT2D eigenvalue weighted by Gasteiger charge is 2.24. The summed E-state index contributed by atoms with van der Waals surface area (Å²) in [4.78, 5) is 50.9. The van der Waals surface area contributed by atoms with Crippen molar-refractivity contribution in [3.8, 4) is 0 Å². The minimum absolute atomic E-state index is 0.00205. The molecule has 0 aromatic carbocycles. The van der Waals surface area contributed by atoms with Crippen LogP contribution >= 0.6 is 0 Å². The van der Waals surface area contributed by atoms with Gasteiger partial charge in [-0.2, -0.15) is 0 Å². The number of nitrogens with zero attached hydrogens (tertiary/aromatic N) is 1. The van der Waals surface area contributed by atoms with Crippen molar-refractivity contribution in [3.05, 3.63) is 11.3 Å². The van der Waals surface area contributed by atoms with E-state index in [9.17, 15) is 19.2 Å². The quantitative estimate of drug-likeness (QED) is 0.638. The first kappa shape index (κ1) is 19.7. The second kappa shape index (κ2) is 9.10. The molecule has 0 spiro atoms. The Bertz CT molecular complexity index is 605. The Hall–Kier alpha value is -2.31. The van der Waals surface area contributed by atoms with Gasteiger partial charge in [-0.15, -0.1) is 0 Å². The molecule has 132 valence electrons. The summed E-state index contributed by atoms with van der Waals surface area (Å²) < 4.78 is 0. The number of hydrogen-bond acceptors (Lipinski definition) is 6. The number of Topliss-reactive ketones (excluding diaryl/α,β-unsaturated/α-hetero) is 3. The van der Waals surface area contributed by atoms with E-state index in [0.29, 0.717) is 31.3 Å². The van der Waals surface area contributed by atoms with Crippen LogP contribution in [0.3, 0.4) is 0 Å². The molecule has 0 aromatic heterocycles. The van der Waals surface area contributed by atoms with E-state index >= 15 is 0 Å². The molecule has 1 unspecified atom stereocenters. The lowest BCUT2D eigenvalue weighted by atomic mass is 9.90. The fraction of sp³-hybridized carbons (Fsp3) is 0.588. The summed E-state index contributed by atoms with van der Waals surface area (Å²) in [6.45, 7) is 4.79. The van der Waals surface area contributed by atoms with Crippen LogP contribution in [0.4, 0.5) is 0 Å². The molecule has 1 atom stereocenters. The molecule has 24 heavy (non-hydrogen) atoms. The zero-order chi connectivity index (χ0) is 18.3. The van der Waals surface area contributed by atoms with E-state index in [0.717, 1.165) is 0 Å². The van der Waals surface area contributed by atoms with Crippen LogP contribution in [0, 0.1) is 0 Å². The minimum atomic E-state index is -0.460. The van der Waals surface area contributed by atoms with Gasteiger partial charge in [0, 0.05) is 31.8 Å². The third kappa shape index (κ3) is 5.72. The Morgan fingerprint density at radius 2 is 1.96 bits per heavy atom. The number of hydrogen-bond donors (Lipinski definition) is 2. The number of nitrogens with two attached hydrogens (primary N) is 1. The zero-order valence-electron chi connectivity index (χ0n) is 14.5. The lowest BCUT2D eigenvalue weighted by Crippen LogP contribution is -2.31. The zero-order valence-corrected chi connectivity index (χ0v) is 14.5. The maximum Gasteiger partial charge on any atom is 0.222 e. The predicted molar refractivity (Wildman–Crippen MR) is 90.6 cm³/mol. The Kier molecular flexibility index (Phi) is 7.48. The van der Waals surface area contributed by atoms with Crippen LogP contribution in [0.15, 0.2) is 16.3 Å². The lowest BCUT2D eigenvalue weighted by molar-refractivity contribution is -0.125. The van der Waals surface area contributed by atoms with Gasteiger partial charge in [0.25, 0.3) is 0 Å². The fourth-order valence-electron chi connectivity index (χ4n) is 2.42. The molecule has 1 aliphatic rings. The number of amides is 1. The second-order valence-electron chi connectivity index (χ2n) is 5.92. The summed E-state index contributed by atoms with van der Waals surface area (Å²) in [7, 11) is 0. The van der Waals surface area contributed by atoms with Gasteiger partial charge in [0.15, 0.2) is 17.3 Å². The summed E-state index contributed by atoms with van der Waals surface area (Å²) >= 11 is 0. The van der Waals surface area contributed by atoms with Gasteiger partial charge < -0.3 is 11.1 Å². The minimum Gasteiger partial charge on any atom is -0.396 e. The third-order valence-corrected chi connectivity index (χ3v) is 3.78. The van der Waals surface area contributed by atoms with Crippen molar-refractivity contribution in [1.82, 2.24) is 5.32 Å². The molecule has 0 bridgehead atoms. The summed E-state index contributed by atoms with van der Waals surface area (Å²) in [6, 6.07) is -0.460. The van der Waals surface area contributed by atoms with Crippen LogP contribution in [0.25, 0.3) is 0 Å². The molecular formula is C17H25N3O4. The van der Waals surface area contributed by atoms with Crippen molar-refractivity contribution in [2.45, 2.75) is 58.9 Å². The summed E-state index contributed by atoms with van der Waals surface area (Å²) in [5, 5.41) is 2.53. The molecule has 1 amide bonds. The number of nitrogens with one attached hydrogen (secondary N) is 1. The molecule has 0 radical (unpaired) electrons. The smallest absolute Gasteiger partial charge is 0.222 e. The van der Waals surface area contributed by atoms with Crippen molar-refractivity contribution in [1.29, 1.82) is 0 Å². The molecule has 7 heteroatoms. The maximum atomic E-state index is 11.9. The number of aliphatic imine (C=N–C) groups is 1. The Balaban J connectivity index is 2.83. The Labute approximate surface area is 141 Å². The van der Waals surface area contributed by atoms with Crippen molar-refractivity contribution in [2.24, 2.45) is 10.7 Å². The summed E-state index contributed by atoms with van der Waals surface area (Å²) in [5.74, 6) is -0.815. The standard InChI is InChI=1S/C17H25N3O4/c1-4-12(22)9-19-15(24)8-10(2)20-17(11(3)21)13-6-5-7-14(23)16(13)18/h10H,4-9,18H2,1-3H3,(H,19,24). The molecule has 0 saturated carbocycles. The van der Waals surface area contributed by atoms with Crippen LogP contribution < -0.4 is 11.1 Å². The highest BCUT2D eigenvalue weighted by Crippen LogP contribution is 2.21. The topological polar surface area (TPSA) is 119 Å². The number of allylic oxidation sites excluding steroid dienone is 2. The number of ketones is 3. The van der Waals surface area contributed by atoms with E-state index in [1.54, 1.807) is 13.8 Å². The molecule has 3 N–H and O–H groups in total. The molecule has 0 fully saturated rings. The Morgan fingerprint density at radius 1 is 1.29 bits per heavy atom. The predicted octanol–water partition coefficient (Wildman–Crippen LogP) is 0.856. The summed E-state index contributed by atoms with van der Waals surface area (Å²) in [6.07, 6.45) is 1.96. The lowest BCUT2D eigenvalue weighted by Gasteiger charge is -2.18. The van der Waals surface area contributed by atoms with Crippen molar-refractivity contribution >= 4 is 29.0 Å². The molecular weight excluding hydrogens is 310 g/mol. The van der Waals surface area contributed by atoms with Crippen molar-refractivity contribution < 1.29 is 19.2 Å². The highest BCUT2D eigenvalue weighted by molar-refractivity contribution is 6.46. The second-order valence-corrected chi connectivity index (χ2v) is 5.92. The van der Waals surface area contributed by atoms with Crippen LogP contribution in [-0.2, 0) is 19.2 Å². The molecule has 0 heterocycles. The molecule has 0 aliphatic heterocycles. The van der Waals surface area contributed by atoms with E-state index in [2.05, 4.69) is 10.3 Å². The van der Waals surface area contributed by atoms with Crippen LogP contribution in [0.1, 0.15) is 52.9 Å². The molecule has 0 saturated heterocycles. The third-order valence-electron chi connectivity index (χ3n) is 3.78. The van der Waals surface area contributed by atoms with E-state index in [-0.39, 0.29) is 47.6 Å². The molecule has 1 rings (SSSR count). The highest BCUT2D eigenvalue weighted by atomic mass is 16.2. The van der Waals surface area contributed by atoms with E-state index in [1.165, 1.54) is 6.92 Å². The van der Waals surface area contributed by atoms with Gasteiger partial charge in [-0.25, -0.2) is 0 Å². The number of carbonyl (C=O) groups is 4. The molecule has 0 aromatic rings. The van der Waals surface area contributed by atoms with Gasteiger partial charge in [0.1, 0.15) is 5.71 Å². The largest absolute Gasteiger partial charge is 0.396 e. The normalized spacial score (nSPS) is 16.8. The fourth-order valence-corrected chi connectivity index (χ4v) is 2.42. The average molecular weight is 335 g/mol. The maximum absolute atomic E-state index is 11.9. The van der Waals surface area contributed by atoms with Crippen LogP contribution in [-0.4, -0.2) is 41.6 Å². The van der Waals surface area contributed by atoms with Gasteiger partial charge in [-0.1, -0.05) is 6.92 Å². The van der Waals surface area contributed by atoms with Crippen LogP contribution in [0.5, 0.6) is 0 Å². The van der Waals surface area contributed by atoms with Gasteiger partial charge in [-0.3, -0.25) is 24.2 Å². The number of carbonyl (C=O) groups excluding carboxylic acids is 4. The molecule has 1 aliphatic carbocycles. The monoisotopic (exact) mass is 335 g/mol. The van der Waals surface area contributed by atoms with E-state index < -0.39 is 6.04 Å². The average Bonchev–Trinajstić information content (AvgIpc) is 2.53. The van der Waals surface area contributed by atoms with Gasteiger partial charge in [-0.05, 0) is 19.8 Å². The Morgan fingerprint density at radius 3 is 2.54 bits per heavy atom. The molecule has 7 nitrogen and oxygen atoms in total. The van der Waals surface area contributed by atoms with E-state index in [4.69, 9.17) is 5.73 Å². The first-order valence-electron chi connectivity index (χ1n) is 8.15. The van der Waals surface area contributed by atoms with E-state index in [1.807, 2.05) is 0 Å². The first-order valence-corrected chi connectivity index (χ1v) is 8.15. The van der Waals surface area contributed by atoms with Crippen molar-refractivity contribution in [3.63, 3.8) is 0 Å². The summed E-state index contributed by atoms with van der Waals surface area (Å²) in [5.41, 5.74) is 6.56. The van der Waals surface area contributed by atoms with Crippen molar-refractivity contribution in [2.75, 3.05) is 6.54 Å². The van der Waals surface area contributed by atoms with Gasteiger partial charge >= 0.3 is 0 Å². The number of rotatable bonds is 8. The first-order chi connectivity index (χ1) is 11.3.